The Morgan fingerprint density at radius 1 is 1.00 bits per heavy atom. The molecule has 0 aliphatic rings. The molecule has 3 aromatic rings. The summed E-state index contributed by atoms with van der Waals surface area (Å²) < 4.78 is 1.85. The van der Waals surface area contributed by atoms with E-state index in [9.17, 15) is 5.11 Å². The molecule has 0 aliphatic heterocycles. The number of benzene rings is 2. The van der Waals surface area contributed by atoms with Crippen molar-refractivity contribution in [2.45, 2.75) is 17.0 Å². The third-order valence-corrected chi connectivity index (χ3v) is 4.53. The van der Waals surface area contributed by atoms with E-state index >= 15 is 0 Å². The molecule has 22 heavy (non-hydrogen) atoms. The van der Waals surface area contributed by atoms with Gasteiger partial charge in [-0.05, 0) is 11.1 Å². The number of aliphatic hydroxyl groups excluding tert-OH is 1. The summed E-state index contributed by atoms with van der Waals surface area (Å²) in [6, 6.07) is 19.7. The largest absolute Gasteiger partial charge is 0.380 e. The van der Waals surface area contributed by atoms with Gasteiger partial charge >= 0.3 is 0 Å². The van der Waals surface area contributed by atoms with Gasteiger partial charge in [0.05, 0.1) is 0 Å². The number of nitrogens with zero attached hydrogens (tertiary/aromatic N) is 3. The SMILES string of the molecule is Cn1c(SCc2ccccc2)nnc1C(O)c1ccccc1. The predicted octanol–water partition coefficient (Wildman–Crippen LogP) is 3.19. The van der Waals surface area contributed by atoms with Gasteiger partial charge in [0, 0.05) is 12.8 Å². The second-order valence-electron chi connectivity index (χ2n) is 4.99. The number of thioether (sulfide) groups is 1. The van der Waals surface area contributed by atoms with Crippen molar-refractivity contribution in [2.24, 2.45) is 7.05 Å². The molecule has 0 radical (unpaired) electrons. The number of aromatic nitrogens is 3. The van der Waals surface area contributed by atoms with Crippen LogP contribution in [0.4, 0.5) is 0 Å². The Kier molecular flexibility index (Phi) is 4.56. The van der Waals surface area contributed by atoms with E-state index in [0.717, 1.165) is 16.5 Å². The smallest absolute Gasteiger partial charge is 0.191 e. The van der Waals surface area contributed by atoms with Crippen molar-refractivity contribution < 1.29 is 5.11 Å². The van der Waals surface area contributed by atoms with Crippen molar-refractivity contribution in [3.8, 4) is 0 Å². The van der Waals surface area contributed by atoms with Gasteiger partial charge in [-0.15, -0.1) is 10.2 Å². The molecule has 0 spiro atoms. The molecule has 0 bridgehead atoms. The Balaban J connectivity index is 1.75. The standard InChI is InChI=1S/C17H17N3OS/c1-20-16(15(21)14-10-6-3-7-11-14)18-19-17(20)22-12-13-8-4-2-5-9-13/h2-11,15,21H,12H2,1H3. The van der Waals surface area contributed by atoms with Crippen LogP contribution in [0.5, 0.6) is 0 Å². The highest BCUT2D eigenvalue weighted by molar-refractivity contribution is 7.98. The number of rotatable bonds is 5. The summed E-state index contributed by atoms with van der Waals surface area (Å²) in [5, 5.41) is 19.6. The first kappa shape index (κ1) is 14.8. The van der Waals surface area contributed by atoms with Crippen LogP contribution < -0.4 is 0 Å². The second kappa shape index (κ2) is 6.77. The molecular formula is C17H17N3OS. The lowest BCUT2D eigenvalue weighted by atomic mass is 10.1. The molecule has 0 saturated carbocycles. The molecule has 0 aliphatic carbocycles. The van der Waals surface area contributed by atoms with E-state index in [1.165, 1.54) is 5.56 Å². The van der Waals surface area contributed by atoms with Gasteiger partial charge in [-0.1, -0.05) is 72.4 Å². The third kappa shape index (κ3) is 3.21. The zero-order valence-corrected chi connectivity index (χ0v) is 13.1. The van der Waals surface area contributed by atoms with Crippen LogP contribution in [0, 0.1) is 0 Å². The molecule has 112 valence electrons. The normalized spacial score (nSPS) is 12.3. The second-order valence-corrected chi connectivity index (χ2v) is 5.93. The minimum atomic E-state index is -0.759. The lowest BCUT2D eigenvalue weighted by molar-refractivity contribution is 0.205. The van der Waals surface area contributed by atoms with Crippen LogP contribution in [0.25, 0.3) is 0 Å². The molecule has 4 nitrogen and oxygen atoms in total. The van der Waals surface area contributed by atoms with Crippen LogP contribution in [-0.4, -0.2) is 19.9 Å². The molecule has 3 rings (SSSR count). The first-order chi connectivity index (χ1) is 10.8. The van der Waals surface area contributed by atoms with Crippen molar-refractivity contribution in [3.05, 3.63) is 77.6 Å². The van der Waals surface area contributed by atoms with Crippen LogP contribution in [0.15, 0.2) is 65.8 Å². The Labute approximate surface area is 133 Å². The van der Waals surface area contributed by atoms with Crippen LogP contribution in [0.2, 0.25) is 0 Å². The van der Waals surface area contributed by atoms with E-state index in [1.54, 1.807) is 11.8 Å². The molecule has 0 saturated heterocycles. The minimum Gasteiger partial charge on any atom is -0.380 e. The molecule has 1 heterocycles. The Morgan fingerprint density at radius 2 is 1.64 bits per heavy atom. The van der Waals surface area contributed by atoms with E-state index in [1.807, 2.05) is 60.1 Å². The minimum absolute atomic E-state index is 0.557. The summed E-state index contributed by atoms with van der Waals surface area (Å²) >= 11 is 1.61. The highest BCUT2D eigenvalue weighted by Gasteiger charge is 2.18. The highest BCUT2D eigenvalue weighted by Crippen LogP contribution is 2.25. The average Bonchev–Trinajstić information content (AvgIpc) is 2.95. The van der Waals surface area contributed by atoms with Gasteiger partial charge in [-0.25, -0.2) is 0 Å². The summed E-state index contributed by atoms with van der Waals surface area (Å²) in [4.78, 5) is 0. The van der Waals surface area contributed by atoms with Gasteiger partial charge < -0.3 is 9.67 Å². The fraction of sp³-hybridized carbons (Fsp3) is 0.176. The maximum Gasteiger partial charge on any atom is 0.191 e. The van der Waals surface area contributed by atoms with Crippen LogP contribution >= 0.6 is 11.8 Å². The molecule has 1 unspecified atom stereocenters. The Hall–Kier alpha value is -2.11. The molecule has 0 fully saturated rings. The van der Waals surface area contributed by atoms with E-state index < -0.39 is 6.10 Å². The van der Waals surface area contributed by atoms with Crippen LogP contribution in [-0.2, 0) is 12.8 Å². The van der Waals surface area contributed by atoms with E-state index in [-0.39, 0.29) is 0 Å². The average molecular weight is 311 g/mol. The van der Waals surface area contributed by atoms with Crippen molar-refractivity contribution >= 4 is 11.8 Å². The lowest BCUT2D eigenvalue weighted by Crippen LogP contribution is -2.07. The highest BCUT2D eigenvalue weighted by atomic mass is 32.2. The number of aliphatic hydroxyl groups is 1. The van der Waals surface area contributed by atoms with Gasteiger partial charge in [0.2, 0.25) is 0 Å². The topological polar surface area (TPSA) is 50.9 Å². The molecule has 2 aromatic carbocycles. The Morgan fingerprint density at radius 3 is 2.32 bits per heavy atom. The Bertz CT molecular complexity index is 728. The zero-order valence-electron chi connectivity index (χ0n) is 12.3. The molecule has 1 N–H and O–H groups in total. The fourth-order valence-electron chi connectivity index (χ4n) is 2.20. The molecule has 1 aromatic heterocycles. The van der Waals surface area contributed by atoms with E-state index in [0.29, 0.717) is 5.82 Å². The summed E-state index contributed by atoms with van der Waals surface area (Å²) in [5.41, 5.74) is 2.05. The molecule has 5 heteroatoms. The summed E-state index contributed by atoms with van der Waals surface area (Å²) in [6.45, 7) is 0. The van der Waals surface area contributed by atoms with Gasteiger partial charge in [0.15, 0.2) is 11.0 Å². The quantitative estimate of drug-likeness (QED) is 0.735. The zero-order chi connectivity index (χ0) is 15.4. The maximum atomic E-state index is 10.4. The molecule has 1 atom stereocenters. The monoisotopic (exact) mass is 311 g/mol. The van der Waals surface area contributed by atoms with Gasteiger partial charge in [-0.3, -0.25) is 0 Å². The van der Waals surface area contributed by atoms with Gasteiger partial charge in [0.25, 0.3) is 0 Å². The summed E-state index contributed by atoms with van der Waals surface area (Å²) in [6.07, 6.45) is -0.759. The summed E-state index contributed by atoms with van der Waals surface area (Å²) in [7, 11) is 1.88. The maximum absolute atomic E-state index is 10.4. The van der Waals surface area contributed by atoms with Crippen molar-refractivity contribution in [1.82, 2.24) is 14.8 Å². The van der Waals surface area contributed by atoms with Crippen molar-refractivity contribution in [3.63, 3.8) is 0 Å². The lowest BCUT2D eigenvalue weighted by Gasteiger charge is -2.10. The van der Waals surface area contributed by atoms with E-state index in [4.69, 9.17) is 0 Å². The summed E-state index contributed by atoms with van der Waals surface area (Å²) in [5.74, 6) is 1.38. The third-order valence-electron chi connectivity index (χ3n) is 3.44. The van der Waals surface area contributed by atoms with E-state index in [2.05, 4.69) is 22.3 Å². The molecular weight excluding hydrogens is 294 g/mol. The number of hydrogen-bond donors (Lipinski definition) is 1. The van der Waals surface area contributed by atoms with Crippen molar-refractivity contribution in [2.75, 3.05) is 0 Å². The van der Waals surface area contributed by atoms with Crippen molar-refractivity contribution in [1.29, 1.82) is 0 Å². The van der Waals surface area contributed by atoms with Gasteiger partial charge in [0.1, 0.15) is 6.10 Å². The van der Waals surface area contributed by atoms with Crippen LogP contribution in [0.1, 0.15) is 23.1 Å². The predicted molar refractivity (Wildman–Crippen MR) is 87.5 cm³/mol. The molecule has 0 amide bonds. The first-order valence-corrected chi connectivity index (χ1v) is 8.03. The first-order valence-electron chi connectivity index (χ1n) is 7.04. The van der Waals surface area contributed by atoms with Gasteiger partial charge in [-0.2, -0.15) is 0 Å². The number of hydrogen-bond acceptors (Lipinski definition) is 4. The van der Waals surface area contributed by atoms with Crippen LogP contribution in [0.3, 0.4) is 0 Å². The fourth-order valence-corrected chi connectivity index (χ4v) is 3.07.